The predicted molar refractivity (Wildman–Crippen MR) is 134 cm³/mol. The Kier molecular flexibility index (Phi) is 7.27. The summed E-state index contributed by atoms with van der Waals surface area (Å²) in [6.07, 6.45) is 1.67. The normalized spacial score (nSPS) is 15.8. The van der Waals surface area contributed by atoms with Gasteiger partial charge in [-0.1, -0.05) is 41.4 Å². The maximum atomic E-state index is 13.3. The van der Waals surface area contributed by atoms with E-state index in [0.717, 1.165) is 18.9 Å². The summed E-state index contributed by atoms with van der Waals surface area (Å²) in [6.45, 7) is 2.55. The van der Waals surface area contributed by atoms with Gasteiger partial charge in [0.25, 0.3) is 21.5 Å². The number of sulfonamides is 1. The molecule has 186 valence electrons. The van der Waals surface area contributed by atoms with Crippen LogP contribution in [0.5, 0.6) is 0 Å². The van der Waals surface area contributed by atoms with Gasteiger partial charge in [-0.15, -0.1) is 0 Å². The van der Waals surface area contributed by atoms with Crippen molar-refractivity contribution in [3.05, 3.63) is 74.1 Å². The Morgan fingerprint density at radius 3 is 2.57 bits per heavy atom. The summed E-state index contributed by atoms with van der Waals surface area (Å²) in [5.74, 6) is -0.516. The molecule has 1 amide bonds. The number of para-hydroxylation sites is 1. The zero-order chi connectivity index (χ0) is 25.3. The molecule has 9 nitrogen and oxygen atoms in total. The highest BCUT2D eigenvalue weighted by Crippen LogP contribution is 2.32. The highest BCUT2D eigenvalue weighted by atomic mass is 35.5. The van der Waals surface area contributed by atoms with E-state index in [2.05, 4.69) is 10.0 Å². The van der Waals surface area contributed by atoms with Crippen molar-refractivity contribution in [2.45, 2.75) is 30.8 Å². The summed E-state index contributed by atoms with van der Waals surface area (Å²) < 4.78 is 37.3. The number of rotatable bonds is 7. The number of carbonyl (C=O) groups excluding carboxylic acids is 1. The Balaban J connectivity index is 1.66. The molecule has 0 bridgehead atoms. The van der Waals surface area contributed by atoms with Crippen LogP contribution < -0.4 is 15.6 Å². The summed E-state index contributed by atoms with van der Waals surface area (Å²) in [5.41, 5.74) is 0.267. The molecule has 0 unspecified atom stereocenters. The molecule has 0 aliphatic carbocycles. The topological polar surface area (TPSA) is 111 Å². The molecule has 1 aliphatic rings. The molecule has 1 atom stereocenters. The second-order valence-electron chi connectivity index (χ2n) is 8.16. The fraction of sp³-hybridized carbons (Fsp3) is 0.304. The van der Waals surface area contributed by atoms with Gasteiger partial charge < -0.3 is 10.1 Å². The van der Waals surface area contributed by atoms with Crippen molar-refractivity contribution < 1.29 is 17.9 Å². The molecule has 0 saturated carbocycles. The monoisotopic (exact) mass is 538 g/mol. The summed E-state index contributed by atoms with van der Waals surface area (Å²) >= 11 is 12.4. The quantitative estimate of drug-likeness (QED) is 0.478. The number of hydrogen-bond acceptors (Lipinski definition) is 5. The van der Waals surface area contributed by atoms with Crippen LogP contribution in [0, 0.1) is 6.92 Å². The van der Waals surface area contributed by atoms with E-state index in [4.69, 9.17) is 27.9 Å². The maximum absolute atomic E-state index is 13.3. The van der Waals surface area contributed by atoms with Gasteiger partial charge in [-0.25, -0.2) is 13.1 Å². The number of anilines is 1. The molecule has 0 radical (unpaired) electrons. The zero-order valence-corrected chi connectivity index (χ0v) is 21.4. The van der Waals surface area contributed by atoms with Gasteiger partial charge in [-0.05, 0) is 44.0 Å². The number of nitrogens with zero attached hydrogens (tertiary/aromatic N) is 2. The lowest BCUT2D eigenvalue weighted by molar-refractivity contribution is 0.0857. The molecule has 1 aliphatic heterocycles. The Hall–Kier alpha value is -2.79. The number of halogens is 2. The molecule has 2 aromatic carbocycles. The lowest BCUT2D eigenvalue weighted by atomic mass is 10.2. The van der Waals surface area contributed by atoms with Crippen molar-refractivity contribution in [2.75, 3.05) is 17.9 Å². The van der Waals surface area contributed by atoms with Gasteiger partial charge in [-0.2, -0.15) is 0 Å². The second kappa shape index (κ2) is 10.1. The van der Waals surface area contributed by atoms with E-state index in [1.54, 1.807) is 42.9 Å². The fourth-order valence-corrected chi connectivity index (χ4v) is 5.81. The molecule has 2 heterocycles. The van der Waals surface area contributed by atoms with Crippen molar-refractivity contribution in [1.29, 1.82) is 0 Å². The van der Waals surface area contributed by atoms with Crippen molar-refractivity contribution >= 4 is 44.8 Å². The zero-order valence-electron chi connectivity index (χ0n) is 19.0. The van der Waals surface area contributed by atoms with E-state index in [1.807, 2.05) is 6.07 Å². The van der Waals surface area contributed by atoms with Gasteiger partial charge in [0, 0.05) is 25.8 Å². The van der Waals surface area contributed by atoms with Crippen molar-refractivity contribution in [3.63, 3.8) is 0 Å². The molecular weight excluding hydrogens is 515 g/mol. The minimum atomic E-state index is -4.38. The van der Waals surface area contributed by atoms with Crippen LogP contribution in [0.2, 0.25) is 10.0 Å². The number of aromatic nitrogens is 2. The van der Waals surface area contributed by atoms with Crippen LogP contribution in [0.1, 0.15) is 28.9 Å². The Morgan fingerprint density at radius 1 is 1.20 bits per heavy atom. The summed E-state index contributed by atoms with van der Waals surface area (Å²) in [4.78, 5) is 25.4. The van der Waals surface area contributed by atoms with Crippen LogP contribution >= 0.6 is 23.2 Å². The molecule has 35 heavy (non-hydrogen) atoms. The first-order valence-corrected chi connectivity index (χ1v) is 13.1. The Morgan fingerprint density at radius 2 is 1.91 bits per heavy atom. The SMILES string of the molecule is Cc1c(NS(=O)(=O)c2cc(C(=O)NC[C@@H]3CCCO3)cc(Cl)c2Cl)c(=O)n(-c2ccccc2)n1C. The van der Waals surface area contributed by atoms with E-state index >= 15 is 0 Å². The third-order valence-electron chi connectivity index (χ3n) is 5.85. The van der Waals surface area contributed by atoms with Gasteiger partial charge in [-0.3, -0.25) is 19.0 Å². The largest absolute Gasteiger partial charge is 0.376 e. The van der Waals surface area contributed by atoms with Gasteiger partial charge in [0.15, 0.2) is 0 Å². The lowest BCUT2D eigenvalue weighted by Crippen LogP contribution is -2.32. The summed E-state index contributed by atoms with van der Waals surface area (Å²) in [7, 11) is -2.74. The highest BCUT2D eigenvalue weighted by Gasteiger charge is 2.27. The number of amides is 1. The van der Waals surface area contributed by atoms with E-state index in [-0.39, 0.29) is 27.4 Å². The molecular formula is C23H24Cl2N4O5S. The third kappa shape index (κ3) is 5.11. The minimum Gasteiger partial charge on any atom is -0.376 e. The van der Waals surface area contributed by atoms with E-state index in [1.165, 1.54) is 10.7 Å². The van der Waals surface area contributed by atoms with Crippen LogP contribution in [-0.4, -0.2) is 42.9 Å². The summed E-state index contributed by atoms with van der Waals surface area (Å²) in [5, 5.41) is 2.36. The average Bonchev–Trinajstić information content (AvgIpc) is 3.42. The first kappa shape index (κ1) is 25.3. The van der Waals surface area contributed by atoms with Crippen LogP contribution in [-0.2, 0) is 21.8 Å². The third-order valence-corrected chi connectivity index (χ3v) is 8.14. The molecule has 1 saturated heterocycles. The smallest absolute Gasteiger partial charge is 0.296 e. The molecule has 4 rings (SSSR count). The first-order valence-electron chi connectivity index (χ1n) is 10.9. The maximum Gasteiger partial charge on any atom is 0.296 e. The summed E-state index contributed by atoms with van der Waals surface area (Å²) in [6, 6.07) is 11.2. The number of benzene rings is 2. The van der Waals surface area contributed by atoms with Gasteiger partial charge in [0.2, 0.25) is 0 Å². The standard InChI is InChI=1S/C23H24Cl2N4O5S/c1-14-21(23(31)29(28(14)2)16-7-4-3-5-8-16)27-35(32,33)19-12-15(11-18(24)20(19)25)22(30)26-13-17-9-6-10-34-17/h3-5,7-8,11-12,17,27H,6,9-10,13H2,1-2H3,(H,26,30)/t17-/m0/s1. The first-order chi connectivity index (χ1) is 16.6. The van der Waals surface area contributed by atoms with E-state index in [0.29, 0.717) is 24.5 Å². The average molecular weight is 539 g/mol. The number of ether oxygens (including phenoxy) is 1. The minimum absolute atomic E-state index is 0.0178. The number of carbonyl (C=O) groups is 1. The van der Waals surface area contributed by atoms with Crippen LogP contribution in [0.3, 0.4) is 0 Å². The number of hydrogen-bond donors (Lipinski definition) is 2. The fourth-order valence-electron chi connectivity index (χ4n) is 3.88. The Bertz CT molecular complexity index is 1430. The van der Waals surface area contributed by atoms with Crippen molar-refractivity contribution in [1.82, 2.24) is 14.7 Å². The molecule has 1 fully saturated rings. The van der Waals surface area contributed by atoms with Crippen LogP contribution in [0.15, 0.2) is 52.2 Å². The molecule has 3 aromatic rings. The second-order valence-corrected chi connectivity index (χ2v) is 10.6. The van der Waals surface area contributed by atoms with Crippen molar-refractivity contribution in [3.8, 4) is 5.69 Å². The molecule has 2 N–H and O–H groups in total. The van der Waals surface area contributed by atoms with Gasteiger partial charge in [0.05, 0.1) is 27.5 Å². The van der Waals surface area contributed by atoms with Crippen molar-refractivity contribution in [2.24, 2.45) is 7.05 Å². The highest BCUT2D eigenvalue weighted by molar-refractivity contribution is 7.92. The van der Waals surface area contributed by atoms with E-state index < -0.39 is 26.4 Å². The van der Waals surface area contributed by atoms with Gasteiger partial charge >= 0.3 is 0 Å². The molecule has 0 spiro atoms. The predicted octanol–water partition coefficient (Wildman–Crippen LogP) is 3.50. The van der Waals surface area contributed by atoms with Gasteiger partial charge in [0.1, 0.15) is 10.6 Å². The number of nitrogens with one attached hydrogen (secondary N) is 2. The van der Waals surface area contributed by atoms with Crippen LogP contribution in [0.25, 0.3) is 5.69 Å². The lowest BCUT2D eigenvalue weighted by Gasteiger charge is -2.13. The molecule has 12 heteroatoms. The van der Waals surface area contributed by atoms with Crippen LogP contribution in [0.4, 0.5) is 5.69 Å². The Labute approximate surface area is 212 Å². The van der Waals surface area contributed by atoms with E-state index in [9.17, 15) is 18.0 Å². The molecule has 1 aromatic heterocycles.